The summed E-state index contributed by atoms with van der Waals surface area (Å²) in [4.78, 5) is 0.552. The summed E-state index contributed by atoms with van der Waals surface area (Å²) in [6, 6.07) is 1.97. The van der Waals surface area contributed by atoms with Crippen molar-refractivity contribution in [2.45, 2.75) is 39.0 Å². The summed E-state index contributed by atoms with van der Waals surface area (Å²) < 4.78 is 0. The molecule has 0 aliphatic carbocycles. The molecule has 0 bridgehead atoms. The third-order valence-electron chi connectivity index (χ3n) is 1.38. The number of nitriles is 1. The van der Waals surface area contributed by atoms with Crippen LogP contribution < -0.4 is 0 Å². The Morgan fingerprint density at radius 1 is 1.40 bits per heavy atom. The van der Waals surface area contributed by atoms with Gasteiger partial charge in [-0.2, -0.15) is 5.26 Å². The first-order chi connectivity index (χ1) is 4.81. The molecule has 0 N–H and O–H groups in total. The van der Waals surface area contributed by atoms with E-state index in [1.54, 1.807) is 0 Å². The molecule has 0 rings (SSSR count). The summed E-state index contributed by atoms with van der Waals surface area (Å²) in [7, 11) is 0. The summed E-state index contributed by atoms with van der Waals surface area (Å²) in [6.45, 7) is 2.17. The fourth-order valence-corrected chi connectivity index (χ4v) is 0.913. The van der Waals surface area contributed by atoms with E-state index in [2.05, 4.69) is 6.92 Å². The van der Waals surface area contributed by atoms with E-state index in [4.69, 9.17) is 17.5 Å². The van der Waals surface area contributed by atoms with Crippen molar-refractivity contribution in [1.82, 2.24) is 0 Å². The minimum Gasteiger partial charge on any atom is -0.192 e. The van der Waals surface area contributed by atoms with Gasteiger partial charge in [0, 0.05) is 0 Å². The fourth-order valence-electron chi connectivity index (χ4n) is 0.768. The van der Waals surface area contributed by atoms with Gasteiger partial charge in [-0.15, -0.1) is 0 Å². The van der Waals surface area contributed by atoms with Crippen molar-refractivity contribution >= 4 is 17.1 Å². The van der Waals surface area contributed by atoms with Crippen LogP contribution in [0.25, 0.3) is 0 Å². The molecule has 0 atom stereocenters. The van der Waals surface area contributed by atoms with Gasteiger partial charge in [-0.05, 0) is 12.8 Å². The lowest BCUT2D eigenvalue weighted by Crippen LogP contribution is -1.88. The maximum absolute atomic E-state index is 8.30. The third kappa shape index (κ3) is 5.71. The minimum atomic E-state index is 0.552. The van der Waals surface area contributed by atoms with E-state index in [0.29, 0.717) is 4.86 Å². The van der Waals surface area contributed by atoms with Gasteiger partial charge in [0.15, 0.2) is 0 Å². The minimum absolute atomic E-state index is 0.552. The van der Waals surface area contributed by atoms with E-state index in [9.17, 15) is 0 Å². The Bertz CT molecular complexity index is 135. The molecule has 0 heterocycles. The third-order valence-corrected chi connectivity index (χ3v) is 1.68. The second-order valence-corrected chi connectivity index (χ2v) is 2.84. The largest absolute Gasteiger partial charge is 0.192 e. The summed E-state index contributed by atoms with van der Waals surface area (Å²) >= 11 is 4.74. The normalized spacial score (nSPS) is 8.80. The smallest absolute Gasteiger partial charge is 0.106 e. The van der Waals surface area contributed by atoms with Crippen LogP contribution in [-0.4, -0.2) is 4.86 Å². The highest BCUT2D eigenvalue weighted by Gasteiger charge is 1.92. The van der Waals surface area contributed by atoms with Gasteiger partial charge < -0.3 is 0 Å². The molecule has 56 valence electrons. The molecule has 0 aromatic carbocycles. The topological polar surface area (TPSA) is 23.8 Å². The van der Waals surface area contributed by atoms with Crippen molar-refractivity contribution in [2.75, 3.05) is 0 Å². The average molecular weight is 155 g/mol. The van der Waals surface area contributed by atoms with E-state index < -0.39 is 0 Å². The summed E-state index contributed by atoms with van der Waals surface area (Å²) in [5.74, 6) is 0. The highest BCUT2D eigenvalue weighted by molar-refractivity contribution is 7.80. The van der Waals surface area contributed by atoms with Gasteiger partial charge in [-0.3, -0.25) is 0 Å². The second kappa shape index (κ2) is 6.70. The number of nitrogens with zero attached hydrogens (tertiary/aromatic N) is 1. The van der Waals surface area contributed by atoms with Crippen LogP contribution in [-0.2, 0) is 0 Å². The Morgan fingerprint density at radius 3 is 2.60 bits per heavy atom. The maximum atomic E-state index is 8.30. The van der Waals surface area contributed by atoms with Crippen molar-refractivity contribution in [1.29, 1.82) is 5.26 Å². The predicted octanol–water partition coefficient (Wildman–Crippen LogP) is 2.85. The molecule has 0 spiro atoms. The van der Waals surface area contributed by atoms with E-state index in [1.165, 1.54) is 19.3 Å². The first-order valence-electron chi connectivity index (χ1n) is 3.74. The standard InChI is InChI=1S/C8H13NS/c1-2-3-4-5-6-8(10)7-9/h2-6H2,1H3. The van der Waals surface area contributed by atoms with E-state index in [-0.39, 0.29) is 0 Å². The number of hydrogen-bond donors (Lipinski definition) is 0. The summed E-state index contributed by atoms with van der Waals surface area (Å²) in [6.07, 6.45) is 5.59. The lowest BCUT2D eigenvalue weighted by Gasteiger charge is -1.94. The van der Waals surface area contributed by atoms with Crippen LogP contribution in [0.4, 0.5) is 0 Å². The first-order valence-corrected chi connectivity index (χ1v) is 4.15. The molecule has 1 nitrogen and oxygen atoms in total. The van der Waals surface area contributed by atoms with Crippen LogP contribution in [0.2, 0.25) is 0 Å². The highest BCUT2D eigenvalue weighted by atomic mass is 32.1. The number of unbranched alkanes of at least 4 members (excludes halogenated alkanes) is 3. The van der Waals surface area contributed by atoms with Crippen LogP contribution in [0, 0.1) is 11.3 Å². The molecule has 0 saturated heterocycles. The monoisotopic (exact) mass is 155 g/mol. The van der Waals surface area contributed by atoms with Gasteiger partial charge in [-0.1, -0.05) is 38.4 Å². The van der Waals surface area contributed by atoms with Gasteiger partial charge in [0.05, 0.1) is 4.86 Å². The zero-order valence-electron chi connectivity index (χ0n) is 6.39. The fraction of sp³-hybridized carbons (Fsp3) is 0.750. The lowest BCUT2D eigenvalue weighted by molar-refractivity contribution is 0.685. The summed E-state index contributed by atoms with van der Waals surface area (Å²) in [5, 5.41) is 8.30. The molecule has 0 radical (unpaired) electrons. The van der Waals surface area contributed by atoms with Gasteiger partial charge in [0.2, 0.25) is 0 Å². The maximum Gasteiger partial charge on any atom is 0.106 e. The molecule has 2 heteroatoms. The molecule has 0 aliphatic heterocycles. The van der Waals surface area contributed by atoms with Crippen molar-refractivity contribution in [2.24, 2.45) is 0 Å². The zero-order chi connectivity index (χ0) is 7.82. The Balaban J connectivity index is 3.06. The van der Waals surface area contributed by atoms with Crippen molar-refractivity contribution in [3.05, 3.63) is 0 Å². The lowest BCUT2D eigenvalue weighted by atomic mass is 10.1. The van der Waals surface area contributed by atoms with E-state index in [0.717, 1.165) is 12.8 Å². The average Bonchev–Trinajstić information content (AvgIpc) is 1.98. The predicted molar refractivity (Wildman–Crippen MR) is 47.0 cm³/mol. The van der Waals surface area contributed by atoms with Gasteiger partial charge in [0.1, 0.15) is 6.07 Å². The van der Waals surface area contributed by atoms with Crippen molar-refractivity contribution in [3.8, 4) is 6.07 Å². The molecular formula is C8H13NS. The molecular weight excluding hydrogens is 142 g/mol. The molecule has 0 fully saturated rings. The van der Waals surface area contributed by atoms with E-state index in [1.807, 2.05) is 6.07 Å². The van der Waals surface area contributed by atoms with Crippen LogP contribution in [0.5, 0.6) is 0 Å². The molecule has 0 aromatic heterocycles. The van der Waals surface area contributed by atoms with Crippen LogP contribution in [0.15, 0.2) is 0 Å². The molecule has 0 saturated carbocycles. The first kappa shape index (κ1) is 9.58. The second-order valence-electron chi connectivity index (χ2n) is 2.35. The van der Waals surface area contributed by atoms with Gasteiger partial charge >= 0.3 is 0 Å². The van der Waals surface area contributed by atoms with Crippen LogP contribution >= 0.6 is 12.2 Å². The van der Waals surface area contributed by atoms with Crippen molar-refractivity contribution < 1.29 is 0 Å². The van der Waals surface area contributed by atoms with Gasteiger partial charge in [-0.25, -0.2) is 0 Å². The zero-order valence-corrected chi connectivity index (χ0v) is 7.21. The van der Waals surface area contributed by atoms with Crippen molar-refractivity contribution in [3.63, 3.8) is 0 Å². The summed E-state index contributed by atoms with van der Waals surface area (Å²) in [5.41, 5.74) is 0. The molecule has 0 unspecified atom stereocenters. The number of hydrogen-bond acceptors (Lipinski definition) is 2. The highest BCUT2D eigenvalue weighted by Crippen LogP contribution is 2.02. The Kier molecular flexibility index (Phi) is 6.42. The molecule has 10 heavy (non-hydrogen) atoms. The number of rotatable bonds is 5. The van der Waals surface area contributed by atoms with E-state index >= 15 is 0 Å². The molecule has 0 aromatic rings. The Hall–Kier alpha value is -0.420. The number of thiocarbonyl (C=S) groups is 1. The molecule has 0 amide bonds. The SMILES string of the molecule is CCCCCCC(=S)C#N. The van der Waals surface area contributed by atoms with Crippen LogP contribution in [0.3, 0.4) is 0 Å². The van der Waals surface area contributed by atoms with Gasteiger partial charge in [0.25, 0.3) is 0 Å². The van der Waals surface area contributed by atoms with Crippen LogP contribution in [0.1, 0.15) is 39.0 Å². The molecule has 0 aliphatic rings. The quantitative estimate of drug-likeness (QED) is 0.450. The Morgan fingerprint density at radius 2 is 2.10 bits per heavy atom. The Labute approximate surface area is 68.0 Å².